The highest BCUT2D eigenvalue weighted by Gasteiger charge is 2.10. The highest BCUT2D eigenvalue weighted by molar-refractivity contribution is 5.85. The van der Waals surface area contributed by atoms with Crippen molar-refractivity contribution in [2.75, 3.05) is 67.5 Å². The van der Waals surface area contributed by atoms with Crippen LogP contribution in [0.5, 0.6) is 0 Å². The zero-order valence-electron chi connectivity index (χ0n) is 52.9. The van der Waals surface area contributed by atoms with Gasteiger partial charge < -0.3 is 36.0 Å². The second-order valence-corrected chi connectivity index (χ2v) is 24.0. The Hall–Kier alpha value is -2.90. The molecule has 0 aliphatic heterocycles. The first-order valence-corrected chi connectivity index (χ1v) is 33.5. The molecule has 0 aliphatic carbocycles. The van der Waals surface area contributed by atoms with Crippen LogP contribution < -0.4 is 21.3 Å². The Kier molecular flexibility index (Phi) is 60.5. The average molecular weight is 1120 g/mol. The topological polar surface area (TPSA) is 177 Å². The molecule has 13 nitrogen and oxygen atoms in total. The summed E-state index contributed by atoms with van der Waals surface area (Å²) in [5.41, 5.74) is 0. The van der Waals surface area contributed by atoms with Gasteiger partial charge in [0.05, 0.1) is 20.6 Å². The maximum atomic E-state index is 12.0. The lowest BCUT2D eigenvalue weighted by Gasteiger charge is -2.33. The Morgan fingerprint density at radius 1 is 0.304 bits per heavy atom. The van der Waals surface area contributed by atoms with Gasteiger partial charge in [-0.05, 0) is 78.4 Å². The molecule has 0 rings (SSSR count). The largest absolute Gasteiger partial charge is 0.633 e. The number of carbonyl (C=O) groups is 6. The minimum atomic E-state index is -0.253. The van der Waals surface area contributed by atoms with E-state index in [-0.39, 0.29) is 59.1 Å². The number of nitrogens with zero attached hydrogens (tertiary/aromatic N) is 2. The molecule has 0 atom stereocenters. The number of hydrogen-bond acceptors (Lipinski definition) is 8. The first kappa shape index (κ1) is 78.2. The lowest BCUT2D eigenvalue weighted by Crippen LogP contribution is -2.33. The van der Waals surface area contributed by atoms with Crippen molar-refractivity contribution >= 4 is 35.2 Å². The predicted octanol–water partition coefficient (Wildman–Crippen LogP) is 15.5. The van der Waals surface area contributed by atoms with E-state index in [0.717, 1.165) is 70.8 Å². The summed E-state index contributed by atoms with van der Waals surface area (Å²) in [7, 11) is 7.47. The Morgan fingerprint density at radius 2 is 0.557 bits per heavy atom. The third-order valence-corrected chi connectivity index (χ3v) is 15.0. The first-order chi connectivity index (χ1) is 38.2. The SMILES string of the molecule is CCCCCCCCCCCCCCCCCC(=O)NCCCC(=O)CCC(=O)NCCCCCCN(C)C.CCCCCCCCCCCCCCCCCC(=O)NCCCC(=O)CCC(=O)NCCCCCC[N+](C)(C)[O-]. The Balaban J connectivity index is 0. The van der Waals surface area contributed by atoms with Gasteiger partial charge in [-0.15, -0.1) is 0 Å². The van der Waals surface area contributed by atoms with Gasteiger partial charge in [0.1, 0.15) is 11.6 Å². The Labute approximate surface area is 487 Å². The number of unbranched alkanes of at least 4 members (excludes halogenated alkanes) is 34. The molecule has 0 unspecified atom stereocenters. The number of Topliss-reactive ketones (excluding diaryl/α,β-unsaturated/α-hetero) is 2. The van der Waals surface area contributed by atoms with E-state index in [1.54, 1.807) is 14.1 Å². The molecule has 79 heavy (non-hydrogen) atoms. The average Bonchev–Trinajstić information content (AvgIpc) is 3.41. The van der Waals surface area contributed by atoms with Crippen LogP contribution in [0.3, 0.4) is 0 Å². The van der Waals surface area contributed by atoms with Gasteiger partial charge in [0.15, 0.2) is 0 Å². The van der Waals surface area contributed by atoms with E-state index in [0.29, 0.717) is 77.7 Å². The second-order valence-electron chi connectivity index (χ2n) is 24.0. The minimum absolute atomic E-state index is 0.0339. The maximum absolute atomic E-state index is 12.0. The van der Waals surface area contributed by atoms with E-state index < -0.39 is 0 Å². The van der Waals surface area contributed by atoms with Crippen LogP contribution in [0.25, 0.3) is 0 Å². The highest BCUT2D eigenvalue weighted by atomic mass is 16.5. The first-order valence-electron chi connectivity index (χ1n) is 33.5. The Bertz CT molecular complexity index is 1410. The molecule has 0 aromatic heterocycles. The third-order valence-electron chi connectivity index (χ3n) is 15.0. The summed E-state index contributed by atoms with van der Waals surface area (Å²) >= 11 is 0. The fourth-order valence-electron chi connectivity index (χ4n) is 9.78. The molecule has 0 aromatic rings. The number of hydrogen-bond donors (Lipinski definition) is 4. The number of rotatable bonds is 60. The van der Waals surface area contributed by atoms with Gasteiger partial charge in [0.25, 0.3) is 0 Å². The minimum Gasteiger partial charge on any atom is -0.633 e. The monoisotopic (exact) mass is 1120 g/mol. The van der Waals surface area contributed by atoms with Crippen LogP contribution in [0, 0.1) is 5.21 Å². The van der Waals surface area contributed by atoms with Crippen LogP contribution in [-0.2, 0) is 28.8 Å². The quantitative estimate of drug-likeness (QED) is 0.0264. The molecule has 4 amide bonds. The number of quaternary nitrogens is 1. The van der Waals surface area contributed by atoms with Crippen molar-refractivity contribution in [3.05, 3.63) is 5.21 Å². The molecule has 466 valence electrons. The number of nitrogens with one attached hydrogen (secondary N) is 4. The van der Waals surface area contributed by atoms with Crippen molar-refractivity contribution in [2.45, 2.75) is 322 Å². The standard InChI is InChI=1S/C33H65N3O4.C33H65N3O3/c1-4-5-6-7-8-9-10-11-12-13-14-15-16-17-20-25-32(38)35-29-23-24-31(37)26-27-33(39)34-28-21-18-19-22-30-36(2,3)40;1-4-5-6-7-8-9-10-11-12-13-14-15-16-17-20-25-32(38)35-29-23-24-31(37)26-27-33(39)34-28-21-18-19-22-30-36(2)3/h4-30H2,1-3H3,(H,34,39)(H,35,38);4-30H2,1-3H3,(H,34,39)(H,35,38). The molecule has 0 bridgehead atoms. The van der Waals surface area contributed by atoms with Gasteiger partial charge in [-0.1, -0.05) is 213 Å². The van der Waals surface area contributed by atoms with Gasteiger partial charge >= 0.3 is 0 Å². The summed E-state index contributed by atoms with van der Waals surface area (Å²) in [5, 5.41) is 23.1. The van der Waals surface area contributed by atoms with Crippen LogP contribution in [0.2, 0.25) is 0 Å². The lowest BCUT2D eigenvalue weighted by atomic mass is 10.0. The fraction of sp³-hybridized carbons (Fsp3) is 0.909. The molecule has 0 aromatic carbocycles. The van der Waals surface area contributed by atoms with E-state index in [1.807, 2.05) is 0 Å². The maximum Gasteiger partial charge on any atom is 0.220 e. The Morgan fingerprint density at radius 3 is 0.861 bits per heavy atom. The number of ketones is 2. The molecule has 0 saturated heterocycles. The summed E-state index contributed by atoms with van der Waals surface area (Å²) in [6.45, 7) is 8.66. The van der Waals surface area contributed by atoms with Crippen molar-refractivity contribution in [3.63, 3.8) is 0 Å². The van der Waals surface area contributed by atoms with E-state index >= 15 is 0 Å². The van der Waals surface area contributed by atoms with E-state index in [4.69, 9.17) is 0 Å². The van der Waals surface area contributed by atoms with Crippen LogP contribution in [0.1, 0.15) is 322 Å². The number of carbonyl (C=O) groups excluding carboxylic acids is 6. The normalized spacial score (nSPS) is 11.3. The van der Waals surface area contributed by atoms with Crippen LogP contribution >= 0.6 is 0 Å². The molecule has 0 heterocycles. The summed E-state index contributed by atoms with van der Waals surface area (Å²) in [6, 6.07) is 0. The number of amides is 4. The molecule has 13 heteroatoms. The fourth-order valence-corrected chi connectivity index (χ4v) is 9.78. The molecule has 0 spiro atoms. The van der Waals surface area contributed by atoms with E-state index in [2.05, 4.69) is 54.1 Å². The zero-order valence-corrected chi connectivity index (χ0v) is 52.9. The molecular weight excluding hydrogens is 989 g/mol. The van der Waals surface area contributed by atoms with Gasteiger partial charge in [-0.2, -0.15) is 0 Å². The third kappa shape index (κ3) is 69.3. The van der Waals surface area contributed by atoms with Gasteiger partial charge in [-0.25, -0.2) is 0 Å². The summed E-state index contributed by atoms with van der Waals surface area (Å²) < 4.78 is -0.253. The van der Waals surface area contributed by atoms with Crippen molar-refractivity contribution < 1.29 is 33.4 Å². The summed E-state index contributed by atoms with van der Waals surface area (Å²) in [5.74, 6) is 0.238. The molecule has 0 radical (unpaired) electrons. The second kappa shape index (κ2) is 61.2. The van der Waals surface area contributed by atoms with Crippen molar-refractivity contribution in [3.8, 4) is 0 Å². The summed E-state index contributed by atoms with van der Waals surface area (Å²) in [4.78, 5) is 74.0. The predicted molar refractivity (Wildman–Crippen MR) is 334 cm³/mol. The van der Waals surface area contributed by atoms with Gasteiger partial charge in [0, 0.05) is 77.5 Å². The van der Waals surface area contributed by atoms with Gasteiger partial charge in [0.2, 0.25) is 23.6 Å². The van der Waals surface area contributed by atoms with Crippen LogP contribution in [0.15, 0.2) is 0 Å². The van der Waals surface area contributed by atoms with E-state index in [9.17, 15) is 34.0 Å². The van der Waals surface area contributed by atoms with Crippen molar-refractivity contribution in [1.82, 2.24) is 26.2 Å². The molecule has 4 N–H and O–H groups in total. The molecular formula is C66H130N6O7. The smallest absolute Gasteiger partial charge is 0.220 e. The highest BCUT2D eigenvalue weighted by Crippen LogP contribution is 2.16. The molecule has 0 aliphatic rings. The van der Waals surface area contributed by atoms with Crippen LogP contribution in [-0.4, -0.2) is 112 Å². The lowest BCUT2D eigenvalue weighted by molar-refractivity contribution is -0.840. The van der Waals surface area contributed by atoms with Crippen LogP contribution in [0.4, 0.5) is 0 Å². The molecule has 0 fully saturated rings. The van der Waals surface area contributed by atoms with E-state index in [1.165, 1.54) is 180 Å². The zero-order chi connectivity index (χ0) is 58.6. The van der Waals surface area contributed by atoms with Crippen molar-refractivity contribution in [2.24, 2.45) is 0 Å². The molecule has 0 saturated carbocycles. The van der Waals surface area contributed by atoms with Gasteiger partial charge in [-0.3, -0.25) is 28.8 Å². The number of hydroxylamine groups is 3. The van der Waals surface area contributed by atoms with Crippen molar-refractivity contribution in [1.29, 1.82) is 0 Å². The summed E-state index contributed by atoms with van der Waals surface area (Å²) in [6.07, 6.45) is 52.2.